The van der Waals surface area contributed by atoms with Gasteiger partial charge in [-0.25, -0.2) is 4.98 Å². The van der Waals surface area contributed by atoms with Gasteiger partial charge in [0.25, 0.3) is 0 Å². The Kier molecular flexibility index (Phi) is 3.62. The van der Waals surface area contributed by atoms with E-state index in [0.29, 0.717) is 0 Å². The zero-order valence-electron chi connectivity index (χ0n) is 11.2. The maximum absolute atomic E-state index is 5.37. The lowest BCUT2D eigenvalue weighted by atomic mass is 10.2. The highest BCUT2D eigenvalue weighted by atomic mass is 16.5. The van der Waals surface area contributed by atoms with Crippen LogP contribution >= 0.6 is 0 Å². The highest BCUT2D eigenvalue weighted by Gasteiger charge is 2.15. The van der Waals surface area contributed by atoms with E-state index in [1.54, 1.807) is 0 Å². The van der Waals surface area contributed by atoms with Crippen molar-refractivity contribution in [3.63, 3.8) is 0 Å². The summed E-state index contributed by atoms with van der Waals surface area (Å²) in [5.74, 6) is 0.960. The van der Waals surface area contributed by atoms with Crippen molar-refractivity contribution in [2.75, 3.05) is 26.3 Å². The Labute approximate surface area is 113 Å². The lowest BCUT2D eigenvalue weighted by Gasteiger charge is -2.25. The van der Waals surface area contributed by atoms with Gasteiger partial charge in [0.2, 0.25) is 0 Å². The van der Waals surface area contributed by atoms with E-state index >= 15 is 0 Å². The molecule has 0 radical (unpaired) electrons. The Bertz CT molecular complexity index is 530. The summed E-state index contributed by atoms with van der Waals surface area (Å²) in [4.78, 5) is 10.5. The van der Waals surface area contributed by atoms with Crippen molar-refractivity contribution in [1.29, 1.82) is 0 Å². The minimum absolute atomic E-state index is 0.828. The van der Waals surface area contributed by atoms with Crippen LogP contribution in [0.3, 0.4) is 0 Å². The molecule has 0 saturated carbocycles. The van der Waals surface area contributed by atoms with Gasteiger partial charge in [0, 0.05) is 30.9 Å². The Hall–Kier alpha value is -1.65. The van der Waals surface area contributed by atoms with Crippen LogP contribution in [0.1, 0.15) is 11.4 Å². The van der Waals surface area contributed by atoms with Crippen LogP contribution in [0.15, 0.2) is 30.3 Å². The molecule has 1 fully saturated rings. The summed E-state index contributed by atoms with van der Waals surface area (Å²) in [6.07, 6.45) is 0. The van der Waals surface area contributed by atoms with Crippen LogP contribution in [0.5, 0.6) is 0 Å². The average molecular weight is 257 g/mol. The standard InChI is InChI=1S/C15H19N3O/c1-12-14(11-18-7-9-19-10-8-18)17-15(16-12)13-5-3-2-4-6-13/h2-6H,7-11H2,1H3,(H,16,17). The van der Waals surface area contributed by atoms with Gasteiger partial charge in [-0.15, -0.1) is 0 Å². The number of ether oxygens (including phenoxy) is 1. The fourth-order valence-corrected chi connectivity index (χ4v) is 2.35. The number of rotatable bonds is 3. The number of hydrogen-bond donors (Lipinski definition) is 1. The van der Waals surface area contributed by atoms with Crippen LogP contribution in [-0.2, 0) is 11.3 Å². The van der Waals surface area contributed by atoms with Crippen molar-refractivity contribution in [1.82, 2.24) is 14.9 Å². The zero-order valence-corrected chi connectivity index (χ0v) is 11.2. The average Bonchev–Trinajstić information content (AvgIpc) is 2.82. The van der Waals surface area contributed by atoms with Gasteiger partial charge in [-0.05, 0) is 6.92 Å². The summed E-state index contributed by atoms with van der Waals surface area (Å²) in [5, 5.41) is 0. The normalized spacial score (nSPS) is 16.7. The van der Waals surface area contributed by atoms with Crippen LogP contribution in [0, 0.1) is 6.92 Å². The summed E-state index contributed by atoms with van der Waals surface area (Å²) >= 11 is 0. The number of imidazole rings is 1. The molecule has 0 unspecified atom stereocenters. The van der Waals surface area contributed by atoms with Crippen molar-refractivity contribution < 1.29 is 4.74 Å². The summed E-state index contributed by atoms with van der Waals surface area (Å²) in [6, 6.07) is 10.3. The SMILES string of the molecule is Cc1[nH]c(-c2ccccc2)nc1CN1CCOCC1. The van der Waals surface area contributed by atoms with Crippen molar-refractivity contribution in [2.24, 2.45) is 0 Å². The molecule has 4 nitrogen and oxygen atoms in total. The van der Waals surface area contributed by atoms with Crippen molar-refractivity contribution >= 4 is 0 Å². The molecule has 1 aromatic carbocycles. The zero-order chi connectivity index (χ0) is 13.1. The Morgan fingerprint density at radius 1 is 1.21 bits per heavy atom. The molecule has 0 aliphatic carbocycles. The first kappa shape index (κ1) is 12.4. The van der Waals surface area contributed by atoms with Crippen molar-refractivity contribution in [3.8, 4) is 11.4 Å². The number of aryl methyl sites for hydroxylation is 1. The molecule has 1 aliphatic rings. The lowest BCUT2D eigenvalue weighted by Crippen LogP contribution is -2.35. The largest absolute Gasteiger partial charge is 0.379 e. The highest BCUT2D eigenvalue weighted by molar-refractivity contribution is 5.55. The van der Waals surface area contributed by atoms with E-state index in [-0.39, 0.29) is 0 Å². The molecule has 0 atom stereocenters. The first-order valence-corrected chi connectivity index (χ1v) is 6.74. The third-order valence-corrected chi connectivity index (χ3v) is 3.51. The minimum Gasteiger partial charge on any atom is -0.379 e. The van der Waals surface area contributed by atoms with Crippen LogP contribution in [0.4, 0.5) is 0 Å². The van der Waals surface area contributed by atoms with Crippen LogP contribution in [0.25, 0.3) is 11.4 Å². The van der Waals surface area contributed by atoms with Crippen molar-refractivity contribution in [2.45, 2.75) is 13.5 Å². The van der Waals surface area contributed by atoms with E-state index < -0.39 is 0 Å². The summed E-state index contributed by atoms with van der Waals surface area (Å²) in [7, 11) is 0. The van der Waals surface area contributed by atoms with E-state index in [1.165, 1.54) is 0 Å². The monoisotopic (exact) mass is 257 g/mol. The molecule has 0 amide bonds. The molecule has 4 heteroatoms. The second kappa shape index (κ2) is 5.55. The molecule has 0 spiro atoms. The predicted octanol–water partition coefficient (Wildman–Crippen LogP) is 2.22. The molecule has 3 rings (SSSR count). The molecule has 1 aromatic heterocycles. The number of benzene rings is 1. The number of morpholine rings is 1. The lowest BCUT2D eigenvalue weighted by molar-refractivity contribution is 0.0336. The molecule has 2 aromatic rings. The first-order chi connectivity index (χ1) is 9.33. The van der Waals surface area contributed by atoms with Gasteiger partial charge >= 0.3 is 0 Å². The molecular weight excluding hydrogens is 238 g/mol. The van der Waals surface area contributed by atoms with Gasteiger partial charge in [0.15, 0.2) is 0 Å². The topological polar surface area (TPSA) is 41.2 Å². The third-order valence-electron chi connectivity index (χ3n) is 3.51. The van der Waals surface area contributed by atoms with Crippen LogP contribution in [0.2, 0.25) is 0 Å². The molecule has 0 bridgehead atoms. The Balaban J connectivity index is 1.77. The summed E-state index contributed by atoms with van der Waals surface area (Å²) in [5.41, 5.74) is 3.44. The summed E-state index contributed by atoms with van der Waals surface area (Å²) in [6.45, 7) is 6.64. The second-order valence-corrected chi connectivity index (χ2v) is 4.91. The number of nitrogens with one attached hydrogen (secondary N) is 1. The van der Waals surface area contributed by atoms with E-state index in [0.717, 1.165) is 55.6 Å². The van der Waals surface area contributed by atoms with E-state index in [2.05, 4.69) is 28.9 Å². The molecule has 100 valence electrons. The second-order valence-electron chi connectivity index (χ2n) is 4.91. The molecule has 2 heterocycles. The molecule has 1 aliphatic heterocycles. The minimum atomic E-state index is 0.828. The molecule has 1 N–H and O–H groups in total. The number of aromatic nitrogens is 2. The molecule has 19 heavy (non-hydrogen) atoms. The highest BCUT2D eigenvalue weighted by Crippen LogP contribution is 2.18. The van der Waals surface area contributed by atoms with Crippen molar-refractivity contribution in [3.05, 3.63) is 41.7 Å². The molecular formula is C15H19N3O. The maximum atomic E-state index is 5.37. The smallest absolute Gasteiger partial charge is 0.137 e. The third kappa shape index (κ3) is 2.85. The number of hydrogen-bond acceptors (Lipinski definition) is 3. The fraction of sp³-hybridized carbons (Fsp3) is 0.400. The van der Waals surface area contributed by atoms with Gasteiger partial charge in [-0.3, -0.25) is 4.90 Å². The van der Waals surface area contributed by atoms with Crippen LogP contribution < -0.4 is 0 Å². The van der Waals surface area contributed by atoms with Gasteiger partial charge in [-0.1, -0.05) is 30.3 Å². The van der Waals surface area contributed by atoms with Gasteiger partial charge < -0.3 is 9.72 Å². The Morgan fingerprint density at radius 3 is 2.68 bits per heavy atom. The van der Waals surface area contributed by atoms with E-state index in [1.807, 2.05) is 18.2 Å². The number of H-pyrrole nitrogens is 1. The fourth-order valence-electron chi connectivity index (χ4n) is 2.35. The number of aromatic amines is 1. The first-order valence-electron chi connectivity index (χ1n) is 6.74. The molecule has 1 saturated heterocycles. The maximum Gasteiger partial charge on any atom is 0.137 e. The van der Waals surface area contributed by atoms with E-state index in [9.17, 15) is 0 Å². The Morgan fingerprint density at radius 2 is 1.95 bits per heavy atom. The van der Waals surface area contributed by atoms with Gasteiger partial charge in [0.1, 0.15) is 5.82 Å². The predicted molar refractivity (Wildman–Crippen MR) is 74.9 cm³/mol. The van der Waals surface area contributed by atoms with Crippen LogP contribution in [-0.4, -0.2) is 41.2 Å². The summed E-state index contributed by atoms with van der Waals surface area (Å²) < 4.78 is 5.37. The number of nitrogens with zero attached hydrogens (tertiary/aromatic N) is 2. The van der Waals surface area contributed by atoms with Gasteiger partial charge in [0.05, 0.1) is 18.9 Å². The van der Waals surface area contributed by atoms with E-state index in [4.69, 9.17) is 9.72 Å². The van der Waals surface area contributed by atoms with Gasteiger partial charge in [-0.2, -0.15) is 0 Å². The quantitative estimate of drug-likeness (QED) is 0.916.